The Labute approximate surface area is 203 Å². The van der Waals surface area contributed by atoms with Gasteiger partial charge in [0.1, 0.15) is 28.7 Å². The number of halogens is 1. The van der Waals surface area contributed by atoms with Crippen LogP contribution in [0, 0.1) is 12.3 Å². The fraction of sp³-hybridized carbons (Fsp3) is 0.348. The molecule has 1 saturated carbocycles. The Bertz CT molecular complexity index is 1300. The van der Waals surface area contributed by atoms with Crippen molar-refractivity contribution in [2.75, 3.05) is 5.32 Å². The molecule has 1 aliphatic heterocycles. The largest absolute Gasteiger partial charge is 0.463 e. The predicted molar refractivity (Wildman–Crippen MR) is 126 cm³/mol. The Morgan fingerprint density at radius 3 is 2.79 bits per heavy atom. The van der Waals surface area contributed by atoms with Crippen LogP contribution in [-0.2, 0) is 16.1 Å². The van der Waals surface area contributed by atoms with Crippen LogP contribution in [0.5, 0.6) is 0 Å². The number of furan rings is 1. The molecule has 3 amide bonds. The van der Waals surface area contributed by atoms with Gasteiger partial charge in [-0.1, -0.05) is 13.0 Å². The SMILES string of the molecule is Cc1ccc(Br)nc1NC(=O)C1CC2(C)CC2N1C(=O)Cn1nc(C(N)=O)cc1-c1ccco1. The molecule has 2 fully saturated rings. The highest BCUT2D eigenvalue weighted by Gasteiger charge is 2.64. The van der Waals surface area contributed by atoms with Crippen LogP contribution in [0.4, 0.5) is 5.82 Å². The molecule has 0 radical (unpaired) electrons. The Morgan fingerprint density at radius 2 is 2.09 bits per heavy atom. The Morgan fingerprint density at radius 1 is 1.29 bits per heavy atom. The molecule has 3 aromatic rings. The number of nitrogens with two attached hydrogens (primary N) is 1. The molecule has 5 rings (SSSR count). The van der Waals surface area contributed by atoms with E-state index in [1.54, 1.807) is 23.1 Å². The number of carbonyl (C=O) groups excluding carboxylic acids is 3. The second kappa shape index (κ2) is 8.08. The van der Waals surface area contributed by atoms with Crippen molar-refractivity contribution in [2.24, 2.45) is 11.1 Å². The van der Waals surface area contributed by atoms with E-state index in [-0.39, 0.29) is 35.5 Å². The average Bonchev–Trinajstić information content (AvgIpc) is 3.22. The molecule has 3 aromatic heterocycles. The number of fused-ring (bicyclic) bond motifs is 1. The second-order valence-electron chi connectivity index (χ2n) is 9.10. The van der Waals surface area contributed by atoms with E-state index in [0.717, 1.165) is 12.0 Å². The van der Waals surface area contributed by atoms with Crippen molar-refractivity contribution >= 4 is 39.5 Å². The first-order chi connectivity index (χ1) is 16.2. The van der Waals surface area contributed by atoms with Crippen LogP contribution in [0.1, 0.15) is 35.8 Å². The molecule has 11 heteroatoms. The van der Waals surface area contributed by atoms with Crippen LogP contribution in [-0.4, -0.2) is 49.5 Å². The lowest BCUT2D eigenvalue weighted by Gasteiger charge is -2.27. The molecule has 3 N–H and O–H groups in total. The number of aryl methyl sites for hydroxylation is 1. The number of nitrogens with zero attached hydrogens (tertiary/aromatic N) is 4. The van der Waals surface area contributed by atoms with Crippen LogP contribution in [0.15, 0.2) is 45.6 Å². The summed E-state index contributed by atoms with van der Waals surface area (Å²) in [6, 6.07) is 7.90. The zero-order valence-corrected chi connectivity index (χ0v) is 20.2. The topological polar surface area (TPSA) is 136 Å². The molecular weight excluding hydrogens is 504 g/mol. The Kier molecular flexibility index (Phi) is 5.31. The number of carbonyl (C=O) groups is 3. The summed E-state index contributed by atoms with van der Waals surface area (Å²) in [6.45, 7) is 3.78. The minimum Gasteiger partial charge on any atom is -0.463 e. The summed E-state index contributed by atoms with van der Waals surface area (Å²) < 4.78 is 7.44. The van der Waals surface area contributed by atoms with Crippen molar-refractivity contribution in [2.45, 2.75) is 45.3 Å². The summed E-state index contributed by atoms with van der Waals surface area (Å²) >= 11 is 3.33. The van der Waals surface area contributed by atoms with E-state index in [2.05, 4.69) is 38.3 Å². The van der Waals surface area contributed by atoms with E-state index in [1.165, 1.54) is 17.0 Å². The summed E-state index contributed by atoms with van der Waals surface area (Å²) in [6.07, 6.45) is 2.90. The lowest BCUT2D eigenvalue weighted by Crippen LogP contribution is -2.47. The highest BCUT2D eigenvalue weighted by molar-refractivity contribution is 9.10. The number of likely N-dealkylation sites (tertiary alicyclic amines) is 1. The van der Waals surface area contributed by atoms with Gasteiger partial charge < -0.3 is 20.4 Å². The van der Waals surface area contributed by atoms with E-state index in [0.29, 0.717) is 28.3 Å². The zero-order valence-electron chi connectivity index (χ0n) is 18.6. The van der Waals surface area contributed by atoms with E-state index in [1.807, 2.05) is 13.0 Å². The van der Waals surface area contributed by atoms with Gasteiger partial charge >= 0.3 is 0 Å². The maximum atomic E-state index is 13.5. The lowest BCUT2D eigenvalue weighted by molar-refractivity contribution is -0.138. The first kappa shape index (κ1) is 22.3. The van der Waals surface area contributed by atoms with Gasteiger partial charge in [-0.05, 0) is 64.9 Å². The number of hydrogen-bond acceptors (Lipinski definition) is 6. The van der Waals surface area contributed by atoms with Crippen LogP contribution in [0.2, 0.25) is 0 Å². The quantitative estimate of drug-likeness (QED) is 0.473. The van der Waals surface area contributed by atoms with Crippen LogP contribution in [0.3, 0.4) is 0 Å². The smallest absolute Gasteiger partial charge is 0.269 e. The highest BCUT2D eigenvalue weighted by atomic mass is 79.9. The molecule has 1 aliphatic carbocycles. The van der Waals surface area contributed by atoms with Gasteiger partial charge in [0.05, 0.1) is 6.26 Å². The molecule has 3 atom stereocenters. The molecule has 0 bridgehead atoms. The van der Waals surface area contributed by atoms with Gasteiger partial charge in [0.2, 0.25) is 11.8 Å². The normalized spacial score (nSPS) is 23.0. The number of nitrogens with one attached hydrogen (secondary N) is 1. The van der Waals surface area contributed by atoms with Crippen LogP contribution < -0.4 is 11.1 Å². The van der Waals surface area contributed by atoms with Crippen LogP contribution in [0.25, 0.3) is 11.5 Å². The summed E-state index contributed by atoms with van der Waals surface area (Å²) in [5, 5.41) is 7.09. The maximum absolute atomic E-state index is 13.5. The number of hydrogen-bond donors (Lipinski definition) is 2. The van der Waals surface area contributed by atoms with Crippen molar-refractivity contribution in [1.29, 1.82) is 0 Å². The molecule has 176 valence electrons. The Hall–Kier alpha value is -3.47. The molecule has 10 nitrogen and oxygen atoms in total. The van der Waals surface area contributed by atoms with Crippen molar-refractivity contribution in [3.05, 3.63) is 52.5 Å². The fourth-order valence-electron chi connectivity index (χ4n) is 4.68. The molecule has 0 aromatic carbocycles. The van der Waals surface area contributed by atoms with Gasteiger partial charge in [-0.2, -0.15) is 5.10 Å². The third-order valence-electron chi connectivity index (χ3n) is 6.62. The van der Waals surface area contributed by atoms with Crippen molar-refractivity contribution in [1.82, 2.24) is 19.7 Å². The minimum atomic E-state index is -0.705. The van der Waals surface area contributed by atoms with E-state index in [4.69, 9.17) is 10.2 Å². The van der Waals surface area contributed by atoms with Gasteiger partial charge in [-0.25, -0.2) is 4.98 Å². The van der Waals surface area contributed by atoms with Gasteiger partial charge in [-0.15, -0.1) is 0 Å². The van der Waals surface area contributed by atoms with Gasteiger partial charge in [0, 0.05) is 12.1 Å². The average molecular weight is 527 g/mol. The van der Waals surface area contributed by atoms with Gasteiger partial charge in [0.15, 0.2) is 11.5 Å². The third-order valence-corrected chi connectivity index (χ3v) is 7.06. The highest BCUT2D eigenvalue weighted by Crippen LogP contribution is 2.59. The lowest BCUT2D eigenvalue weighted by atomic mass is 10.0. The number of aromatic nitrogens is 3. The summed E-state index contributed by atoms with van der Waals surface area (Å²) in [5.74, 6) is -0.340. The zero-order chi connectivity index (χ0) is 24.2. The summed E-state index contributed by atoms with van der Waals surface area (Å²) in [4.78, 5) is 44.4. The number of piperidine rings is 1. The fourth-order valence-corrected chi connectivity index (χ4v) is 4.99. The molecule has 0 spiro atoms. The second-order valence-corrected chi connectivity index (χ2v) is 9.91. The first-order valence-corrected chi connectivity index (χ1v) is 11.6. The predicted octanol–water partition coefficient (Wildman–Crippen LogP) is 2.73. The molecule has 4 heterocycles. The molecule has 2 aliphatic rings. The minimum absolute atomic E-state index is 0.0226. The van der Waals surface area contributed by atoms with E-state index < -0.39 is 11.9 Å². The van der Waals surface area contributed by atoms with Crippen molar-refractivity contribution in [3.63, 3.8) is 0 Å². The monoisotopic (exact) mass is 526 g/mol. The molecule has 3 unspecified atom stereocenters. The van der Waals surface area contributed by atoms with Crippen molar-refractivity contribution in [3.8, 4) is 11.5 Å². The molecular formula is C23H23BrN6O4. The number of amides is 3. The maximum Gasteiger partial charge on any atom is 0.269 e. The Balaban J connectivity index is 1.40. The van der Waals surface area contributed by atoms with Crippen LogP contribution >= 0.6 is 15.9 Å². The number of anilines is 1. The summed E-state index contributed by atoms with van der Waals surface area (Å²) in [5.41, 5.74) is 6.62. The van der Waals surface area contributed by atoms with Gasteiger partial charge in [-0.3, -0.25) is 19.1 Å². The molecule has 34 heavy (non-hydrogen) atoms. The van der Waals surface area contributed by atoms with Gasteiger partial charge in [0.25, 0.3) is 5.91 Å². The molecule has 1 saturated heterocycles. The van der Waals surface area contributed by atoms with E-state index >= 15 is 0 Å². The van der Waals surface area contributed by atoms with Crippen molar-refractivity contribution < 1.29 is 18.8 Å². The van der Waals surface area contributed by atoms with E-state index in [9.17, 15) is 14.4 Å². The number of rotatable bonds is 6. The number of pyridine rings is 1. The summed E-state index contributed by atoms with van der Waals surface area (Å²) in [7, 11) is 0. The third kappa shape index (κ3) is 3.89. The first-order valence-electron chi connectivity index (χ1n) is 10.8. The number of primary amides is 1. The standard InChI is InChI=1S/C23H23BrN6O4/c1-12-5-6-18(24)26-21(12)27-22(33)15-9-23(2)10-17(23)30(15)19(31)11-29-14(16-4-3-7-34-16)8-13(28-29)20(25)32/h3-8,15,17H,9-11H2,1-2H3,(H2,25,32)(H,26,27,33).